The fraction of sp³-hybridized carbons (Fsp3) is 0.391. The molecule has 148 valence electrons. The number of amides is 1. The summed E-state index contributed by atoms with van der Waals surface area (Å²) in [6, 6.07) is 10.2. The lowest BCUT2D eigenvalue weighted by Gasteiger charge is -2.25. The fourth-order valence-electron chi connectivity index (χ4n) is 4.40. The first-order valence-electron chi connectivity index (χ1n) is 10.4. The van der Waals surface area contributed by atoms with Gasteiger partial charge in [0.1, 0.15) is 0 Å². The molecule has 3 aromatic rings. The van der Waals surface area contributed by atoms with E-state index in [2.05, 4.69) is 22.3 Å². The van der Waals surface area contributed by atoms with Crippen LogP contribution >= 0.6 is 0 Å². The summed E-state index contributed by atoms with van der Waals surface area (Å²) in [7, 11) is 0. The van der Waals surface area contributed by atoms with Gasteiger partial charge in [0.15, 0.2) is 5.82 Å². The van der Waals surface area contributed by atoms with Gasteiger partial charge in [-0.25, -0.2) is 9.97 Å². The second kappa shape index (κ2) is 7.43. The molecule has 1 aliphatic carbocycles. The summed E-state index contributed by atoms with van der Waals surface area (Å²) in [5, 5.41) is 7.64. The maximum Gasteiger partial charge on any atom is 0.254 e. The molecule has 0 saturated carbocycles. The first-order chi connectivity index (χ1) is 14.2. The van der Waals surface area contributed by atoms with Crippen LogP contribution in [0, 0.1) is 5.92 Å². The van der Waals surface area contributed by atoms with Crippen LogP contribution in [0.1, 0.15) is 47.1 Å². The van der Waals surface area contributed by atoms with Gasteiger partial charge in [-0.15, -0.1) is 0 Å². The van der Waals surface area contributed by atoms with E-state index < -0.39 is 0 Å². The van der Waals surface area contributed by atoms with Crippen molar-refractivity contribution in [2.24, 2.45) is 5.92 Å². The van der Waals surface area contributed by atoms with Crippen molar-refractivity contribution in [2.45, 2.75) is 51.6 Å². The Hall–Kier alpha value is -3.02. The predicted molar refractivity (Wildman–Crippen MR) is 110 cm³/mol. The van der Waals surface area contributed by atoms with E-state index in [1.54, 1.807) is 6.20 Å². The van der Waals surface area contributed by atoms with E-state index in [4.69, 9.17) is 4.98 Å². The smallest absolute Gasteiger partial charge is 0.254 e. The van der Waals surface area contributed by atoms with Crippen molar-refractivity contribution in [1.82, 2.24) is 25.1 Å². The molecule has 6 nitrogen and oxygen atoms in total. The molecule has 1 aromatic carbocycles. The van der Waals surface area contributed by atoms with Gasteiger partial charge in [0.25, 0.3) is 5.91 Å². The standard InChI is InChI=1S/C23H25N5O/c1-15-9-10-28-21(11-15)19(14-25-28)23(29)26-18-7-8-20-17(12-18)13-24-22(27-20)16-5-3-2-4-6-16/h2-6,13-15,18H,7-12H2,1H3,(H,26,29). The van der Waals surface area contributed by atoms with Crippen LogP contribution in [-0.4, -0.2) is 31.7 Å². The van der Waals surface area contributed by atoms with Crippen molar-refractivity contribution in [2.75, 3.05) is 0 Å². The zero-order valence-corrected chi connectivity index (χ0v) is 16.6. The van der Waals surface area contributed by atoms with Crippen molar-refractivity contribution in [3.8, 4) is 11.4 Å². The monoisotopic (exact) mass is 387 g/mol. The number of hydrogen-bond donors (Lipinski definition) is 1. The molecule has 0 fully saturated rings. The molecule has 1 amide bonds. The molecular weight excluding hydrogens is 362 g/mol. The first-order valence-corrected chi connectivity index (χ1v) is 10.4. The number of carbonyl (C=O) groups is 1. The molecule has 6 heteroatoms. The van der Waals surface area contributed by atoms with Gasteiger partial charge < -0.3 is 5.32 Å². The topological polar surface area (TPSA) is 72.7 Å². The maximum absolute atomic E-state index is 12.9. The normalized spacial score (nSPS) is 20.6. The van der Waals surface area contributed by atoms with Gasteiger partial charge in [0.2, 0.25) is 0 Å². The Kier molecular flexibility index (Phi) is 4.62. The molecule has 2 aromatic heterocycles. The molecule has 0 spiro atoms. The van der Waals surface area contributed by atoms with Crippen LogP contribution in [0.5, 0.6) is 0 Å². The molecule has 5 rings (SSSR count). The second-order valence-electron chi connectivity index (χ2n) is 8.27. The Bertz CT molecular complexity index is 1040. The Morgan fingerprint density at radius 1 is 1.14 bits per heavy atom. The number of nitrogens with one attached hydrogen (secondary N) is 1. The number of benzene rings is 1. The third-order valence-electron chi connectivity index (χ3n) is 6.09. The molecule has 2 unspecified atom stereocenters. The molecule has 1 aliphatic heterocycles. The van der Waals surface area contributed by atoms with Crippen LogP contribution in [0.15, 0.2) is 42.7 Å². The summed E-state index contributed by atoms with van der Waals surface area (Å²) >= 11 is 0. The minimum Gasteiger partial charge on any atom is -0.349 e. The van der Waals surface area contributed by atoms with E-state index in [0.717, 1.165) is 72.6 Å². The van der Waals surface area contributed by atoms with Gasteiger partial charge >= 0.3 is 0 Å². The summed E-state index contributed by atoms with van der Waals surface area (Å²) in [6.07, 6.45) is 8.22. The molecule has 2 atom stereocenters. The summed E-state index contributed by atoms with van der Waals surface area (Å²) in [5.74, 6) is 1.37. The van der Waals surface area contributed by atoms with Crippen LogP contribution in [0.3, 0.4) is 0 Å². The van der Waals surface area contributed by atoms with E-state index in [1.807, 2.05) is 41.2 Å². The number of aromatic nitrogens is 4. The summed E-state index contributed by atoms with van der Waals surface area (Å²) in [6.45, 7) is 3.14. The van der Waals surface area contributed by atoms with Gasteiger partial charge in [-0.05, 0) is 43.6 Å². The van der Waals surface area contributed by atoms with E-state index in [1.165, 1.54) is 0 Å². The van der Waals surface area contributed by atoms with Crippen LogP contribution in [-0.2, 0) is 25.8 Å². The van der Waals surface area contributed by atoms with E-state index in [-0.39, 0.29) is 11.9 Å². The molecular formula is C23H25N5O. The lowest BCUT2D eigenvalue weighted by atomic mass is 9.92. The van der Waals surface area contributed by atoms with Gasteiger partial charge in [-0.1, -0.05) is 37.3 Å². The number of nitrogens with zero attached hydrogens (tertiary/aromatic N) is 4. The lowest BCUT2D eigenvalue weighted by Crippen LogP contribution is -2.39. The average Bonchev–Trinajstić information content (AvgIpc) is 3.17. The van der Waals surface area contributed by atoms with E-state index in [9.17, 15) is 4.79 Å². The quantitative estimate of drug-likeness (QED) is 0.749. The van der Waals surface area contributed by atoms with Gasteiger partial charge in [0, 0.05) is 30.0 Å². The first kappa shape index (κ1) is 18.0. The Labute approximate surface area is 170 Å². The van der Waals surface area contributed by atoms with Crippen LogP contribution in [0.4, 0.5) is 0 Å². The summed E-state index contributed by atoms with van der Waals surface area (Å²) in [4.78, 5) is 22.2. The van der Waals surface area contributed by atoms with Crippen LogP contribution in [0.25, 0.3) is 11.4 Å². The number of carbonyl (C=O) groups excluding carboxylic acids is 1. The molecule has 0 bridgehead atoms. The fourth-order valence-corrected chi connectivity index (χ4v) is 4.40. The van der Waals surface area contributed by atoms with Crippen molar-refractivity contribution in [3.63, 3.8) is 0 Å². The SMILES string of the molecule is CC1CCn2ncc(C(=O)NC3CCc4nc(-c5ccccc5)ncc4C3)c2C1. The summed E-state index contributed by atoms with van der Waals surface area (Å²) < 4.78 is 1.99. The number of hydrogen-bond acceptors (Lipinski definition) is 4. The third kappa shape index (κ3) is 3.55. The van der Waals surface area contributed by atoms with Crippen molar-refractivity contribution < 1.29 is 4.79 Å². The van der Waals surface area contributed by atoms with Crippen molar-refractivity contribution >= 4 is 5.91 Å². The Balaban J connectivity index is 1.29. The molecule has 1 N–H and O–H groups in total. The summed E-state index contributed by atoms with van der Waals surface area (Å²) in [5.41, 5.74) is 5.07. The zero-order chi connectivity index (χ0) is 19.8. The largest absolute Gasteiger partial charge is 0.349 e. The number of fused-ring (bicyclic) bond motifs is 2. The maximum atomic E-state index is 12.9. The molecule has 29 heavy (non-hydrogen) atoms. The van der Waals surface area contributed by atoms with E-state index >= 15 is 0 Å². The average molecular weight is 387 g/mol. The van der Waals surface area contributed by atoms with Crippen LogP contribution < -0.4 is 5.32 Å². The highest BCUT2D eigenvalue weighted by Gasteiger charge is 2.26. The van der Waals surface area contributed by atoms with Gasteiger partial charge in [0.05, 0.1) is 17.5 Å². The van der Waals surface area contributed by atoms with Gasteiger partial charge in [-0.2, -0.15) is 5.10 Å². The zero-order valence-electron chi connectivity index (χ0n) is 16.6. The predicted octanol–water partition coefficient (Wildman–Crippen LogP) is 3.21. The molecule has 0 saturated heterocycles. The highest BCUT2D eigenvalue weighted by atomic mass is 16.1. The van der Waals surface area contributed by atoms with Crippen LogP contribution in [0.2, 0.25) is 0 Å². The number of rotatable bonds is 3. The molecule has 0 radical (unpaired) electrons. The minimum absolute atomic E-state index is 0.00405. The second-order valence-corrected chi connectivity index (χ2v) is 8.27. The third-order valence-corrected chi connectivity index (χ3v) is 6.09. The highest BCUT2D eigenvalue weighted by Crippen LogP contribution is 2.25. The Morgan fingerprint density at radius 2 is 2.00 bits per heavy atom. The van der Waals surface area contributed by atoms with Gasteiger partial charge in [-0.3, -0.25) is 9.48 Å². The van der Waals surface area contributed by atoms with E-state index in [0.29, 0.717) is 5.92 Å². The highest BCUT2D eigenvalue weighted by molar-refractivity contribution is 5.95. The lowest BCUT2D eigenvalue weighted by molar-refractivity contribution is 0.0931. The Morgan fingerprint density at radius 3 is 2.86 bits per heavy atom. The number of aryl methyl sites for hydroxylation is 2. The molecule has 3 heterocycles. The molecule has 2 aliphatic rings. The van der Waals surface area contributed by atoms with Crippen molar-refractivity contribution in [1.29, 1.82) is 0 Å². The van der Waals surface area contributed by atoms with Crippen molar-refractivity contribution in [3.05, 3.63) is 65.2 Å². The minimum atomic E-state index is -0.00405.